The molecule has 2 aromatic rings. The van der Waals surface area contributed by atoms with Gasteiger partial charge in [0.05, 0.1) is 5.56 Å². The van der Waals surface area contributed by atoms with Gasteiger partial charge in [-0.3, -0.25) is 0 Å². The fourth-order valence-electron chi connectivity index (χ4n) is 2.17. The Kier molecular flexibility index (Phi) is 4.25. The van der Waals surface area contributed by atoms with Gasteiger partial charge in [-0.1, -0.05) is 29.5 Å². The van der Waals surface area contributed by atoms with Crippen LogP contribution in [0.3, 0.4) is 0 Å². The third-order valence-electron chi connectivity index (χ3n) is 3.29. The highest BCUT2D eigenvalue weighted by Crippen LogP contribution is 2.37. The van der Waals surface area contributed by atoms with Crippen molar-refractivity contribution in [2.75, 3.05) is 0 Å². The number of benzene rings is 2. The summed E-state index contributed by atoms with van der Waals surface area (Å²) in [5, 5.41) is 0.330. The summed E-state index contributed by atoms with van der Waals surface area (Å²) < 4.78 is 56.5. The van der Waals surface area contributed by atoms with E-state index in [1.54, 1.807) is 0 Å². The second-order valence-electron chi connectivity index (χ2n) is 5.07. The SMILES string of the molecule is Fc1ccc(C#Cc2cc(Cl)cc3c2OC(C(F)(F)F)C=C3)cc1. The number of ether oxygens (including phenoxy) is 1. The first-order valence-electron chi connectivity index (χ1n) is 6.85. The molecule has 0 N–H and O–H groups in total. The number of halogens is 5. The molecule has 0 spiro atoms. The van der Waals surface area contributed by atoms with E-state index in [1.165, 1.54) is 42.5 Å². The van der Waals surface area contributed by atoms with Gasteiger partial charge in [-0.15, -0.1) is 0 Å². The highest BCUT2D eigenvalue weighted by atomic mass is 35.5. The van der Waals surface area contributed by atoms with E-state index in [0.717, 1.165) is 6.08 Å². The van der Waals surface area contributed by atoms with Gasteiger partial charge in [0.1, 0.15) is 11.6 Å². The lowest BCUT2D eigenvalue weighted by Crippen LogP contribution is -2.34. The van der Waals surface area contributed by atoms with Crippen molar-refractivity contribution in [3.8, 4) is 17.6 Å². The molecule has 122 valence electrons. The Bertz CT molecular complexity index is 858. The molecule has 0 fully saturated rings. The van der Waals surface area contributed by atoms with E-state index in [0.29, 0.717) is 16.1 Å². The number of alkyl halides is 3. The van der Waals surface area contributed by atoms with Crippen LogP contribution in [-0.2, 0) is 0 Å². The van der Waals surface area contributed by atoms with Gasteiger partial charge in [0.15, 0.2) is 0 Å². The molecule has 6 heteroatoms. The lowest BCUT2D eigenvalue weighted by molar-refractivity contribution is -0.180. The quantitative estimate of drug-likeness (QED) is 0.467. The minimum absolute atomic E-state index is 0.0267. The van der Waals surface area contributed by atoms with Crippen molar-refractivity contribution < 1.29 is 22.3 Å². The Morgan fingerprint density at radius 1 is 1.04 bits per heavy atom. The first kappa shape index (κ1) is 16.4. The molecule has 1 atom stereocenters. The zero-order valence-corrected chi connectivity index (χ0v) is 12.8. The first-order chi connectivity index (χ1) is 11.3. The second-order valence-corrected chi connectivity index (χ2v) is 5.50. The topological polar surface area (TPSA) is 9.23 Å². The van der Waals surface area contributed by atoms with Crippen LogP contribution in [0.2, 0.25) is 5.02 Å². The molecule has 1 nitrogen and oxygen atoms in total. The first-order valence-corrected chi connectivity index (χ1v) is 7.23. The van der Waals surface area contributed by atoms with Crippen molar-refractivity contribution in [2.24, 2.45) is 0 Å². The summed E-state index contributed by atoms with van der Waals surface area (Å²) in [7, 11) is 0. The summed E-state index contributed by atoms with van der Waals surface area (Å²) in [6, 6.07) is 8.37. The molecule has 1 aliphatic heterocycles. The zero-order valence-electron chi connectivity index (χ0n) is 12.0. The van der Waals surface area contributed by atoms with Crippen LogP contribution in [0.1, 0.15) is 16.7 Å². The van der Waals surface area contributed by atoms with Crippen molar-refractivity contribution in [1.82, 2.24) is 0 Å². The van der Waals surface area contributed by atoms with Crippen LogP contribution in [0.15, 0.2) is 42.5 Å². The fourth-order valence-corrected chi connectivity index (χ4v) is 2.40. The molecule has 3 rings (SSSR count). The smallest absolute Gasteiger partial charge is 0.429 e. The van der Waals surface area contributed by atoms with E-state index in [4.69, 9.17) is 16.3 Å². The molecule has 0 bridgehead atoms. The van der Waals surface area contributed by atoms with Crippen LogP contribution in [0.25, 0.3) is 6.08 Å². The lowest BCUT2D eigenvalue weighted by atomic mass is 10.0. The van der Waals surface area contributed by atoms with Crippen molar-refractivity contribution in [2.45, 2.75) is 12.3 Å². The van der Waals surface area contributed by atoms with Gasteiger partial charge in [-0.05, 0) is 42.5 Å². The predicted octanol–water partition coefficient (Wildman–Crippen LogP) is 5.22. The van der Waals surface area contributed by atoms with Crippen molar-refractivity contribution in [1.29, 1.82) is 0 Å². The maximum Gasteiger partial charge on any atom is 0.429 e. The molecular weight excluding hydrogens is 344 g/mol. The lowest BCUT2D eigenvalue weighted by Gasteiger charge is -2.24. The minimum atomic E-state index is -4.52. The van der Waals surface area contributed by atoms with Crippen molar-refractivity contribution >= 4 is 17.7 Å². The molecule has 0 aliphatic carbocycles. The van der Waals surface area contributed by atoms with Crippen molar-refractivity contribution in [3.05, 3.63) is 70.0 Å². The van der Waals surface area contributed by atoms with Crippen molar-refractivity contribution in [3.63, 3.8) is 0 Å². The highest BCUT2D eigenvalue weighted by Gasteiger charge is 2.41. The Hall–Kier alpha value is -2.45. The van der Waals surface area contributed by atoms with E-state index >= 15 is 0 Å². The molecule has 0 amide bonds. The van der Waals surface area contributed by atoms with Crippen LogP contribution in [0.5, 0.6) is 5.75 Å². The normalized spacial score (nSPS) is 16.0. The Labute approximate surface area is 140 Å². The summed E-state index contributed by atoms with van der Waals surface area (Å²) in [6.07, 6.45) is -4.31. The van der Waals surface area contributed by atoms with E-state index < -0.39 is 18.1 Å². The molecule has 24 heavy (non-hydrogen) atoms. The molecule has 2 aromatic carbocycles. The monoisotopic (exact) mass is 352 g/mol. The highest BCUT2D eigenvalue weighted by molar-refractivity contribution is 6.31. The Morgan fingerprint density at radius 2 is 1.75 bits per heavy atom. The molecule has 0 radical (unpaired) electrons. The maximum absolute atomic E-state index is 12.9. The zero-order chi connectivity index (χ0) is 17.3. The molecule has 0 saturated heterocycles. The molecule has 1 aliphatic rings. The van der Waals surface area contributed by atoms with E-state index in [9.17, 15) is 17.6 Å². The fraction of sp³-hybridized carbons (Fsp3) is 0.111. The third kappa shape index (κ3) is 3.55. The molecule has 0 saturated carbocycles. The van der Waals surface area contributed by atoms with Gasteiger partial charge in [-0.2, -0.15) is 13.2 Å². The number of hydrogen-bond donors (Lipinski definition) is 0. The summed E-state index contributed by atoms with van der Waals surface area (Å²) in [4.78, 5) is 0. The average molecular weight is 353 g/mol. The van der Waals surface area contributed by atoms with Crippen LogP contribution in [0.4, 0.5) is 17.6 Å². The standard InChI is InChI=1S/C18H9ClF4O/c19-14-9-12(4-1-11-2-6-15(20)7-3-11)17-13(10-14)5-8-16(24-17)18(21,22)23/h2-3,5-10,16H. The maximum atomic E-state index is 12.9. The van der Waals surface area contributed by atoms with Gasteiger partial charge in [0, 0.05) is 16.1 Å². The van der Waals surface area contributed by atoms with E-state index in [2.05, 4.69) is 11.8 Å². The van der Waals surface area contributed by atoms with Gasteiger partial charge >= 0.3 is 6.18 Å². The molecule has 1 unspecified atom stereocenters. The van der Waals surface area contributed by atoms with Crippen LogP contribution in [0, 0.1) is 17.7 Å². The second kappa shape index (κ2) is 6.21. The van der Waals surface area contributed by atoms with Gasteiger partial charge < -0.3 is 4.74 Å². The van der Waals surface area contributed by atoms with Crippen LogP contribution >= 0.6 is 11.6 Å². The minimum Gasteiger partial charge on any atom is -0.475 e. The van der Waals surface area contributed by atoms with Crippen LogP contribution < -0.4 is 4.74 Å². The summed E-state index contributed by atoms with van der Waals surface area (Å²) in [5.41, 5.74) is 1.18. The Morgan fingerprint density at radius 3 is 2.42 bits per heavy atom. The van der Waals surface area contributed by atoms with Gasteiger partial charge in [0.2, 0.25) is 6.10 Å². The largest absolute Gasteiger partial charge is 0.475 e. The van der Waals surface area contributed by atoms with Gasteiger partial charge in [-0.25, -0.2) is 4.39 Å². The average Bonchev–Trinajstić information content (AvgIpc) is 2.52. The number of fused-ring (bicyclic) bond motifs is 1. The Balaban J connectivity index is 2.00. The van der Waals surface area contributed by atoms with E-state index in [1.807, 2.05) is 0 Å². The molecule has 0 aromatic heterocycles. The summed E-state index contributed by atoms with van der Waals surface area (Å²) in [5.74, 6) is 5.12. The van der Waals surface area contributed by atoms with E-state index in [-0.39, 0.29) is 11.3 Å². The molecular formula is C18H9ClF4O. The number of rotatable bonds is 0. The summed E-state index contributed by atoms with van der Waals surface area (Å²) >= 11 is 5.98. The summed E-state index contributed by atoms with van der Waals surface area (Å²) in [6.45, 7) is 0. The predicted molar refractivity (Wildman–Crippen MR) is 83.3 cm³/mol. The molecule has 1 heterocycles. The van der Waals surface area contributed by atoms with Gasteiger partial charge in [0.25, 0.3) is 0 Å². The number of hydrogen-bond acceptors (Lipinski definition) is 1. The van der Waals surface area contributed by atoms with Crippen LogP contribution in [-0.4, -0.2) is 12.3 Å². The third-order valence-corrected chi connectivity index (χ3v) is 3.50.